The van der Waals surface area contributed by atoms with E-state index in [2.05, 4.69) is 52.3 Å². The molecular weight excluding hydrogens is 316 g/mol. The summed E-state index contributed by atoms with van der Waals surface area (Å²) in [5.41, 5.74) is 5.73. The van der Waals surface area contributed by atoms with Gasteiger partial charge in [-0.3, -0.25) is 9.78 Å². The zero-order chi connectivity index (χ0) is 16.8. The molecule has 0 saturated carbocycles. The summed E-state index contributed by atoms with van der Waals surface area (Å²) in [6.07, 6.45) is 4.93. The molecule has 0 spiro atoms. The van der Waals surface area contributed by atoms with Crippen molar-refractivity contribution in [3.63, 3.8) is 0 Å². The van der Waals surface area contributed by atoms with Gasteiger partial charge in [0.1, 0.15) is 0 Å². The van der Waals surface area contributed by atoms with E-state index in [0.717, 1.165) is 17.5 Å². The lowest BCUT2D eigenvalue weighted by Crippen LogP contribution is -2.23. The lowest BCUT2D eigenvalue weighted by molar-refractivity contribution is -0.121. The molecule has 0 saturated heterocycles. The van der Waals surface area contributed by atoms with Crippen LogP contribution in [0.2, 0.25) is 0 Å². The van der Waals surface area contributed by atoms with E-state index in [1.165, 1.54) is 16.7 Å². The monoisotopic (exact) mass is 336 g/mol. The molecule has 3 nitrogen and oxygen atoms in total. The Morgan fingerprint density at radius 1 is 1.17 bits per heavy atom. The average Bonchev–Trinajstić information content (AvgIpc) is 3.14. The molecule has 0 aliphatic carbocycles. The number of pyridine rings is 1. The smallest absolute Gasteiger partial charge is 0.220 e. The van der Waals surface area contributed by atoms with E-state index in [1.54, 1.807) is 17.5 Å². The fraction of sp³-hybridized carbons (Fsp3) is 0.200. The van der Waals surface area contributed by atoms with Crippen LogP contribution in [0.15, 0.2) is 59.6 Å². The maximum absolute atomic E-state index is 12.1. The number of nitrogens with one attached hydrogen (secondary N) is 1. The summed E-state index contributed by atoms with van der Waals surface area (Å²) in [7, 11) is 0. The summed E-state index contributed by atoms with van der Waals surface area (Å²) in [5, 5.41) is 7.13. The topological polar surface area (TPSA) is 42.0 Å². The first kappa shape index (κ1) is 16.4. The van der Waals surface area contributed by atoms with Gasteiger partial charge in [-0.05, 0) is 58.5 Å². The fourth-order valence-electron chi connectivity index (χ4n) is 2.60. The zero-order valence-electron chi connectivity index (χ0n) is 13.7. The Bertz CT molecular complexity index is 812. The van der Waals surface area contributed by atoms with Gasteiger partial charge in [0.25, 0.3) is 0 Å². The number of hydrogen-bond acceptors (Lipinski definition) is 3. The number of nitrogens with zero attached hydrogens (tertiary/aromatic N) is 1. The second kappa shape index (κ2) is 7.88. The Morgan fingerprint density at radius 2 is 2.04 bits per heavy atom. The molecule has 0 aliphatic rings. The number of amides is 1. The molecule has 2 heterocycles. The lowest BCUT2D eigenvalue weighted by Gasteiger charge is -2.08. The largest absolute Gasteiger partial charge is 0.352 e. The van der Waals surface area contributed by atoms with Crippen molar-refractivity contribution in [1.82, 2.24) is 10.3 Å². The van der Waals surface area contributed by atoms with Crippen LogP contribution in [0.1, 0.15) is 23.1 Å². The van der Waals surface area contributed by atoms with Crippen LogP contribution in [0.5, 0.6) is 0 Å². The van der Waals surface area contributed by atoms with Crippen molar-refractivity contribution in [3.8, 4) is 11.1 Å². The molecule has 0 bridgehead atoms. The van der Waals surface area contributed by atoms with Crippen LogP contribution in [-0.2, 0) is 17.8 Å². The van der Waals surface area contributed by atoms with Crippen molar-refractivity contribution in [3.05, 3.63) is 76.2 Å². The number of benzene rings is 1. The molecule has 3 aromatic rings. The fourth-order valence-corrected chi connectivity index (χ4v) is 3.26. The first-order valence-electron chi connectivity index (χ1n) is 8.00. The van der Waals surface area contributed by atoms with Crippen LogP contribution < -0.4 is 5.32 Å². The predicted octanol–water partition coefficient (Wildman–Crippen LogP) is 4.37. The molecule has 122 valence electrons. The third-order valence-electron chi connectivity index (χ3n) is 4.02. The maximum atomic E-state index is 12.1. The SMILES string of the molecule is Cc1ccccc1CCC(=O)NCc1cncc(-c2ccsc2)c1. The maximum Gasteiger partial charge on any atom is 0.220 e. The third kappa shape index (κ3) is 4.30. The van der Waals surface area contributed by atoms with Crippen molar-refractivity contribution in [2.45, 2.75) is 26.3 Å². The highest BCUT2D eigenvalue weighted by Gasteiger charge is 2.05. The third-order valence-corrected chi connectivity index (χ3v) is 4.70. The van der Waals surface area contributed by atoms with Gasteiger partial charge in [-0.2, -0.15) is 11.3 Å². The van der Waals surface area contributed by atoms with Crippen molar-refractivity contribution in [1.29, 1.82) is 0 Å². The van der Waals surface area contributed by atoms with Gasteiger partial charge in [-0.25, -0.2) is 0 Å². The second-order valence-electron chi connectivity index (χ2n) is 5.80. The minimum Gasteiger partial charge on any atom is -0.352 e. The van der Waals surface area contributed by atoms with E-state index in [0.29, 0.717) is 13.0 Å². The van der Waals surface area contributed by atoms with Gasteiger partial charge in [0.2, 0.25) is 5.91 Å². The normalized spacial score (nSPS) is 10.5. The quantitative estimate of drug-likeness (QED) is 0.726. The summed E-state index contributed by atoms with van der Waals surface area (Å²) < 4.78 is 0. The van der Waals surface area contributed by atoms with E-state index < -0.39 is 0 Å². The Hall–Kier alpha value is -2.46. The predicted molar refractivity (Wildman–Crippen MR) is 98.9 cm³/mol. The molecule has 1 aromatic carbocycles. The van der Waals surface area contributed by atoms with Crippen molar-refractivity contribution in [2.24, 2.45) is 0 Å². The van der Waals surface area contributed by atoms with Crippen LogP contribution >= 0.6 is 11.3 Å². The molecule has 0 fully saturated rings. The molecule has 0 atom stereocenters. The van der Waals surface area contributed by atoms with Crippen molar-refractivity contribution < 1.29 is 4.79 Å². The summed E-state index contributed by atoms with van der Waals surface area (Å²) in [5.74, 6) is 0.0687. The van der Waals surface area contributed by atoms with Crippen LogP contribution in [0.25, 0.3) is 11.1 Å². The summed E-state index contributed by atoms with van der Waals surface area (Å²) in [6.45, 7) is 2.59. The highest BCUT2D eigenvalue weighted by Crippen LogP contribution is 2.21. The Kier molecular flexibility index (Phi) is 5.39. The van der Waals surface area contributed by atoms with Crippen LogP contribution in [0.3, 0.4) is 0 Å². The summed E-state index contributed by atoms with van der Waals surface area (Å²) in [4.78, 5) is 16.4. The van der Waals surface area contributed by atoms with Crippen LogP contribution in [0, 0.1) is 6.92 Å². The number of rotatable bonds is 6. The molecule has 2 aromatic heterocycles. The molecule has 1 amide bonds. The Morgan fingerprint density at radius 3 is 2.83 bits per heavy atom. The zero-order valence-corrected chi connectivity index (χ0v) is 14.5. The molecule has 0 unspecified atom stereocenters. The number of aryl methyl sites for hydroxylation is 2. The van der Waals surface area contributed by atoms with Crippen LogP contribution in [0.4, 0.5) is 0 Å². The Balaban J connectivity index is 1.53. The van der Waals surface area contributed by atoms with E-state index in [4.69, 9.17) is 0 Å². The number of carbonyl (C=O) groups is 1. The lowest BCUT2D eigenvalue weighted by atomic mass is 10.0. The highest BCUT2D eigenvalue weighted by molar-refractivity contribution is 7.08. The number of thiophene rings is 1. The summed E-state index contributed by atoms with van der Waals surface area (Å²) >= 11 is 1.67. The van der Waals surface area contributed by atoms with E-state index >= 15 is 0 Å². The van der Waals surface area contributed by atoms with Gasteiger partial charge in [0, 0.05) is 30.9 Å². The molecule has 0 aliphatic heterocycles. The summed E-state index contributed by atoms with van der Waals surface area (Å²) in [6, 6.07) is 12.4. The van der Waals surface area contributed by atoms with Crippen LogP contribution in [-0.4, -0.2) is 10.9 Å². The van der Waals surface area contributed by atoms with Gasteiger partial charge < -0.3 is 5.32 Å². The molecule has 3 rings (SSSR count). The molecular formula is C20H20N2OS. The second-order valence-corrected chi connectivity index (χ2v) is 6.58. The van der Waals surface area contributed by atoms with E-state index in [9.17, 15) is 4.79 Å². The van der Waals surface area contributed by atoms with Gasteiger partial charge >= 0.3 is 0 Å². The molecule has 4 heteroatoms. The first-order chi connectivity index (χ1) is 11.7. The Labute approximate surface area is 146 Å². The molecule has 1 N–H and O–H groups in total. The minimum absolute atomic E-state index is 0.0687. The number of carbonyl (C=O) groups excluding carboxylic acids is 1. The highest BCUT2D eigenvalue weighted by atomic mass is 32.1. The number of aromatic nitrogens is 1. The first-order valence-corrected chi connectivity index (χ1v) is 8.94. The minimum atomic E-state index is 0.0687. The van der Waals surface area contributed by atoms with E-state index in [-0.39, 0.29) is 5.91 Å². The molecule has 24 heavy (non-hydrogen) atoms. The van der Waals surface area contributed by atoms with Crippen molar-refractivity contribution >= 4 is 17.2 Å². The molecule has 0 radical (unpaired) electrons. The number of hydrogen-bond donors (Lipinski definition) is 1. The average molecular weight is 336 g/mol. The standard InChI is InChI=1S/C20H20N2OS/c1-15-4-2-3-5-17(15)6-7-20(23)22-12-16-10-19(13-21-11-16)18-8-9-24-14-18/h2-5,8-11,13-14H,6-7,12H2,1H3,(H,22,23). The van der Waals surface area contributed by atoms with E-state index in [1.807, 2.05) is 18.3 Å². The van der Waals surface area contributed by atoms with Gasteiger partial charge in [-0.1, -0.05) is 24.3 Å². The van der Waals surface area contributed by atoms with Gasteiger partial charge in [0.05, 0.1) is 0 Å². The van der Waals surface area contributed by atoms with Gasteiger partial charge in [-0.15, -0.1) is 0 Å². The van der Waals surface area contributed by atoms with Gasteiger partial charge in [0.15, 0.2) is 0 Å². The van der Waals surface area contributed by atoms with Crippen molar-refractivity contribution in [2.75, 3.05) is 0 Å².